The van der Waals surface area contributed by atoms with Gasteiger partial charge in [-0.15, -0.1) is 0 Å². The molecule has 2 aromatic heterocycles. The van der Waals surface area contributed by atoms with Crippen molar-refractivity contribution < 1.29 is 5.11 Å². The minimum Gasteiger partial charge on any atom is -0.394 e. The van der Waals surface area contributed by atoms with Crippen LogP contribution in [0.3, 0.4) is 0 Å². The van der Waals surface area contributed by atoms with E-state index in [4.69, 9.17) is 11.6 Å². The van der Waals surface area contributed by atoms with Crippen LogP contribution in [0.1, 0.15) is 17.3 Å². The first-order valence-electron chi connectivity index (χ1n) is 5.37. The van der Waals surface area contributed by atoms with Crippen molar-refractivity contribution >= 4 is 38.9 Å². The van der Waals surface area contributed by atoms with Crippen LogP contribution < -0.4 is 5.32 Å². The Kier molecular flexibility index (Phi) is 5.14. The van der Waals surface area contributed by atoms with Crippen LogP contribution in [0.15, 0.2) is 33.6 Å². The Morgan fingerprint density at radius 2 is 2.39 bits per heavy atom. The topological polar surface area (TPSA) is 45.1 Å². The normalized spacial score (nSPS) is 12.6. The quantitative estimate of drug-likeness (QED) is 0.871. The Labute approximate surface area is 123 Å². The van der Waals surface area contributed by atoms with E-state index in [0.717, 1.165) is 15.7 Å². The van der Waals surface area contributed by atoms with Gasteiger partial charge in [-0.3, -0.25) is 4.98 Å². The van der Waals surface area contributed by atoms with Gasteiger partial charge in [0.1, 0.15) is 0 Å². The molecule has 0 aromatic carbocycles. The van der Waals surface area contributed by atoms with Gasteiger partial charge in [-0.25, -0.2) is 0 Å². The van der Waals surface area contributed by atoms with Crippen LogP contribution in [0.25, 0.3) is 0 Å². The van der Waals surface area contributed by atoms with E-state index in [0.29, 0.717) is 11.6 Å². The van der Waals surface area contributed by atoms with Crippen molar-refractivity contribution in [3.63, 3.8) is 0 Å². The zero-order chi connectivity index (χ0) is 13.0. The summed E-state index contributed by atoms with van der Waals surface area (Å²) >= 11 is 10.9. The summed E-state index contributed by atoms with van der Waals surface area (Å²) in [4.78, 5) is 4.25. The average molecular weight is 348 g/mol. The number of pyridine rings is 1. The van der Waals surface area contributed by atoms with E-state index < -0.39 is 0 Å². The van der Waals surface area contributed by atoms with Crippen LogP contribution in [0.5, 0.6) is 0 Å². The van der Waals surface area contributed by atoms with E-state index in [1.807, 2.05) is 22.9 Å². The first-order chi connectivity index (χ1) is 8.70. The number of hydrogen-bond acceptors (Lipinski definition) is 4. The van der Waals surface area contributed by atoms with Crippen molar-refractivity contribution in [2.45, 2.75) is 12.6 Å². The molecule has 0 fully saturated rings. The second kappa shape index (κ2) is 6.63. The molecule has 1 atom stereocenters. The third kappa shape index (κ3) is 3.52. The third-order valence-corrected chi connectivity index (χ3v) is 4.12. The van der Waals surface area contributed by atoms with Gasteiger partial charge in [-0.05, 0) is 44.4 Å². The van der Waals surface area contributed by atoms with Crippen molar-refractivity contribution in [1.82, 2.24) is 10.3 Å². The summed E-state index contributed by atoms with van der Waals surface area (Å²) in [6.45, 7) is 0.626. The zero-order valence-corrected chi connectivity index (χ0v) is 12.6. The molecule has 0 spiro atoms. The fourth-order valence-electron chi connectivity index (χ4n) is 1.55. The van der Waals surface area contributed by atoms with Crippen molar-refractivity contribution in [3.8, 4) is 0 Å². The van der Waals surface area contributed by atoms with Crippen molar-refractivity contribution in [3.05, 3.63) is 49.8 Å². The molecule has 0 saturated carbocycles. The number of rotatable bonds is 5. The molecule has 0 aliphatic heterocycles. The van der Waals surface area contributed by atoms with Crippen LogP contribution in [0.2, 0.25) is 5.02 Å². The van der Waals surface area contributed by atoms with Gasteiger partial charge in [0, 0.05) is 17.2 Å². The molecule has 96 valence electrons. The third-order valence-electron chi connectivity index (χ3n) is 2.53. The lowest BCUT2D eigenvalue weighted by Crippen LogP contribution is -2.24. The Balaban J connectivity index is 2.02. The lowest BCUT2D eigenvalue weighted by atomic mass is 10.1. The van der Waals surface area contributed by atoms with E-state index in [1.165, 1.54) is 0 Å². The molecule has 0 amide bonds. The van der Waals surface area contributed by atoms with E-state index in [-0.39, 0.29) is 12.6 Å². The number of aliphatic hydroxyl groups excluding tert-OH is 1. The van der Waals surface area contributed by atoms with Crippen LogP contribution in [0, 0.1) is 0 Å². The molecule has 0 aliphatic rings. The maximum Gasteiger partial charge on any atom is 0.0684 e. The van der Waals surface area contributed by atoms with Crippen molar-refractivity contribution in [2.75, 3.05) is 6.61 Å². The summed E-state index contributed by atoms with van der Waals surface area (Å²) in [7, 11) is 0. The molecular formula is C12H12BrClN2OS. The van der Waals surface area contributed by atoms with Crippen molar-refractivity contribution in [1.29, 1.82) is 0 Å². The standard InChI is InChI=1S/C12H12BrClN2OS/c13-10-3-9(14)4-15-11(10)5-16-12(6-17)8-1-2-18-7-8/h1-4,7,12,16-17H,5-6H2. The fraction of sp³-hybridized carbons (Fsp3) is 0.250. The summed E-state index contributed by atoms with van der Waals surface area (Å²) < 4.78 is 0.865. The van der Waals surface area contributed by atoms with E-state index in [2.05, 4.69) is 26.2 Å². The minimum atomic E-state index is -0.0689. The molecule has 0 bridgehead atoms. The molecule has 2 heterocycles. The highest BCUT2D eigenvalue weighted by atomic mass is 79.9. The first kappa shape index (κ1) is 14.0. The maximum atomic E-state index is 9.38. The van der Waals surface area contributed by atoms with Gasteiger partial charge in [-0.2, -0.15) is 11.3 Å². The van der Waals surface area contributed by atoms with Gasteiger partial charge >= 0.3 is 0 Å². The highest BCUT2D eigenvalue weighted by molar-refractivity contribution is 9.10. The average Bonchev–Trinajstić information content (AvgIpc) is 2.86. The number of halogens is 2. The minimum absolute atomic E-state index is 0.0575. The van der Waals surface area contributed by atoms with E-state index >= 15 is 0 Å². The molecule has 3 nitrogen and oxygen atoms in total. The monoisotopic (exact) mass is 346 g/mol. The van der Waals surface area contributed by atoms with Crippen LogP contribution >= 0.6 is 38.9 Å². The van der Waals surface area contributed by atoms with E-state index in [1.54, 1.807) is 17.5 Å². The van der Waals surface area contributed by atoms with Crippen LogP contribution in [-0.2, 0) is 6.54 Å². The van der Waals surface area contributed by atoms with Crippen LogP contribution in [0.4, 0.5) is 0 Å². The summed E-state index contributed by atoms with van der Waals surface area (Å²) in [6, 6.07) is 3.74. The Morgan fingerprint density at radius 3 is 3.00 bits per heavy atom. The SMILES string of the molecule is OCC(NCc1ncc(Cl)cc1Br)c1ccsc1. The van der Waals surface area contributed by atoms with Gasteiger partial charge in [-0.1, -0.05) is 11.6 Å². The molecule has 0 aliphatic carbocycles. The number of thiophene rings is 1. The first-order valence-corrected chi connectivity index (χ1v) is 7.48. The summed E-state index contributed by atoms with van der Waals surface area (Å²) in [5, 5.41) is 17.3. The predicted molar refractivity (Wildman–Crippen MR) is 77.9 cm³/mol. The highest BCUT2D eigenvalue weighted by Gasteiger charge is 2.11. The van der Waals surface area contributed by atoms with Gasteiger partial charge in [0.2, 0.25) is 0 Å². The number of hydrogen-bond donors (Lipinski definition) is 2. The zero-order valence-electron chi connectivity index (χ0n) is 9.44. The molecule has 1 unspecified atom stereocenters. The van der Waals surface area contributed by atoms with Crippen molar-refractivity contribution in [2.24, 2.45) is 0 Å². The summed E-state index contributed by atoms with van der Waals surface area (Å²) in [5.41, 5.74) is 1.96. The van der Waals surface area contributed by atoms with Gasteiger partial charge < -0.3 is 10.4 Å². The Bertz CT molecular complexity index is 507. The molecule has 2 rings (SSSR count). The molecule has 0 saturated heterocycles. The fourth-order valence-corrected chi connectivity index (χ4v) is 3.05. The highest BCUT2D eigenvalue weighted by Crippen LogP contribution is 2.21. The van der Waals surface area contributed by atoms with E-state index in [9.17, 15) is 5.11 Å². The Morgan fingerprint density at radius 1 is 1.56 bits per heavy atom. The Hall–Kier alpha value is -0.460. The number of nitrogens with zero attached hydrogens (tertiary/aromatic N) is 1. The predicted octanol–water partition coefficient (Wildman–Crippen LogP) is 3.38. The molecule has 18 heavy (non-hydrogen) atoms. The smallest absolute Gasteiger partial charge is 0.0684 e. The number of nitrogens with one attached hydrogen (secondary N) is 1. The molecule has 2 aromatic rings. The van der Waals surface area contributed by atoms with Gasteiger partial charge in [0.25, 0.3) is 0 Å². The largest absolute Gasteiger partial charge is 0.394 e. The summed E-state index contributed by atoms with van der Waals surface area (Å²) in [6.07, 6.45) is 1.61. The summed E-state index contributed by atoms with van der Waals surface area (Å²) in [5.74, 6) is 0. The van der Waals surface area contributed by atoms with Gasteiger partial charge in [0.05, 0.1) is 23.4 Å². The van der Waals surface area contributed by atoms with Crippen LogP contribution in [-0.4, -0.2) is 16.7 Å². The lowest BCUT2D eigenvalue weighted by molar-refractivity contribution is 0.243. The lowest BCUT2D eigenvalue weighted by Gasteiger charge is -2.15. The van der Waals surface area contributed by atoms with Gasteiger partial charge in [0.15, 0.2) is 0 Å². The molecular weight excluding hydrogens is 336 g/mol. The number of aromatic nitrogens is 1. The molecule has 2 N–H and O–H groups in total. The molecule has 0 radical (unpaired) electrons. The molecule has 6 heteroatoms. The second-order valence-corrected chi connectivity index (χ2v) is 5.83. The number of aliphatic hydroxyl groups is 1. The second-order valence-electron chi connectivity index (χ2n) is 3.75. The maximum absolute atomic E-state index is 9.38.